The summed E-state index contributed by atoms with van der Waals surface area (Å²) in [5, 5.41) is 5.01. The highest BCUT2D eigenvalue weighted by molar-refractivity contribution is 7.18. The van der Waals surface area contributed by atoms with E-state index >= 15 is 0 Å². The molecule has 3 heterocycles. The first kappa shape index (κ1) is 27.6. The van der Waals surface area contributed by atoms with Crippen LogP contribution in [0.5, 0.6) is 5.19 Å². The quantitative estimate of drug-likeness (QED) is 0.261. The van der Waals surface area contributed by atoms with Gasteiger partial charge in [-0.2, -0.15) is 13.2 Å². The first-order chi connectivity index (χ1) is 17.3. The molecule has 1 aromatic carbocycles. The fraction of sp³-hybridized carbons (Fsp3) is 0.400. The van der Waals surface area contributed by atoms with E-state index in [9.17, 15) is 13.2 Å². The number of aromatic nitrogens is 3. The number of ether oxygens (including phenoxy) is 1. The molecule has 1 aliphatic rings. The van der Waals surface area contributed by atoms with Gasteiger partial charge >= 0.3 is 6.18 Å². The maximum atomic E-state index is 12.9. The second kappa shape index (κ2) is 11.5. The van der Waals surface area contributed by atoms with Crippen molar-refractivity contribution in [2.45, 2.75) is 50.5 Å². The standard InChI is InChI=1S/C25H26F3N5OS2.ClH/c1-33(22-20-10-19(11-25(26,27)28)35-23(20)32-14-31-22)18-8-7-17(9-18)29-12-15-3-5-16(6-4-15)21-13-30-24(34-2)36-21;/h3-6,10,13-14,17-18,29H,7-9,11-12H2,1-2H3;1H/t17-,18+;/m0./s1. The number of methoxy groups -OCH3 is 1. The molecule has 37 heavy (non-hydrogen) atoms. The van der Waals surface area contributed by atoms with Crippen LogP contribution in [-0.4, -0.2) is 47.4 Å². The van der Waals surface area contributed by atoms with Gasteiger partial charge in [0.25, 0.3) is 5.19 Å². The van der Waals surface area contributed by atoms with E-state index in [-0.39, 0.29) is 23.3 Å². The van der Waals surface area contributed by atoms with Crippen LogP contribution in [0.25, 0.3) is 20.7 Å². The molecule has 198 valence electrons. The summed E-state index contributed by atoms with van der Waals surface area (Å²) in [4.78, 5) is 16.9. The van der Waals surface area contributed by atoms with Gasteiger partial charge in [-0.1, -0.05) is 35.6 Å². The Kier molecular flexibility index (Phi) is 8.57. The minimum Gasteiger partial charge on any atom is -0.473 e. The number of nitrogens with zero attached hydrogens (tertiary/aromatic N) is 4. The third-order valence-electron chi connectivity index (χ3n) is 6.51. The normalized spacial score (nSPS) is 17.6. The fourth-order valence-corrected chi connectivity index (χ4v) is 6.42. The van der Waals surface area contributed by atoms with Gasteiger partial charge in [0, 0.05) is 36.8 Å². The van der Waals surface area contributed by atoms with Gasteiger partial charge in [-0.3, -0.25) is 0 Å². The number of thiazole rings is 1. The summed E-state index contributed by atoms with van der Waals surface area (Å²) < 4.78 is 43.8. The van der Waals surface area contributed by atoms with E-state index in [1.54, 1.807) is 13.2 Å². The lowest BCUT2D eigenvalue weighted by molar-refractivity contribution is -0.126. The fourth-order valence-electron chi connectivity index (χ4n) is 4.66. The molecule has 0 unspecified atom stereocenters. The van der Waals surface area contributed by atoms with Crippen LogP contribution in [0.3, 0.4) is 0 Å². The van der Waals surface area contributed by atoms with Crippen LogP contribution in [0.2, 0.25) is 0 Å². The zero-order chi connectivity index (χ0) is 25.3. The Hall–Kier alpha value is -2.47. The molecule has 1 N–H and O–H groups in total. The largest absolute Gasteiger partial charge is 0.473 e. The van der Waals surface area contributed by atoms with Crippen molar-refractivity contribution in [3.05, 3.63) is 53.3 Å². The minimum atomic E-state index is -4.24. The van der Waals surface area contributed by atoms with Gasteiger partial charge in [0.05, 0.1) is 23.8 Å². The van der Waals surface area contributed by atoms with Crippen LogP contribution in [0, 0.1) is 0 Å². The van der Waals surface area contributed by atoms with Gasteiger partial charge in [0.15, 0.2) is 0 Å². The Balaban J connectivity index is 0.00000320. The van der Waals surface area contributed by atoms with Crippen molar-refractivity contribution >= 4 is 51.1 Å². The zero-order valence-corrected chi connectivity index (χ0v) is 22.7. The number of benzene rings is 1. The predicted octanol–water partition coefficient (Wildman–Crippen LogP) is 6.50. The highest BCUT2D eigenvalue weighted by Gasteiger charge is 2.31. The van der Waals surface area contributed by atoms with Gasteiger partial charge < -0.3 is 15.0 Å². The number of hydrogen-bond acceptors (Lipinski definition) is 8. The number of halogens is 4. The van der Waals surface area contributed by atoms with E-state index in [4.69, 9.17) is 4.74 Å². The van der Waals surface area contributed by atoms with Gasteiger partial charge in [0.2, 0.25) is 0 Å². The Labute approximate surface area is 227 Å². The van der Waals surface area contributed by atoms with Crippen molar-refractivity contribution in [1.29, 1.82) is 0 Å². The van der Waals surface area contributed by atoms with Crippen molar-refractivity contribution < 1.29 is 17.9 Å². The molecule has 0 radical (unpaired) electrons. The van der Waals surface area contributed by atoms with E-state index in [0.29, 0.717) is 27.3 Å². The van der Waals surface area contributed by atoms with Crippen LogP contribution in [0.15, 0.2) is 42.9 Å². The molecule has 2 atom stereocenters. The smallest absolute Gasteiger partial charge is 0.393 e. The maximum Gasteiger partial charge on any atom is 0.393 e. The molecule has 1 saturated carbocycles. The SMILES string of the molecule is COc1ncc(-c2ccc(CN[C@H]3CC[C@@H](N(C)c4ncnc5sc(CC(F)(F)F)cc45)C3)cc2)s1.Cl. The maximum absolute atomic E-state index is 12.9. The van der Waals surface area contributed by atoms with Gasteiger partial charge in [-0.25, -0.2) is 15.0 Å². The van der Waals surface area contributed by atoms with Crippen molar-refractivity contribution in [3.8, 4) is 15.6 Å². The summed E-state index contributed by atoms with van der Waals surface area (Å²) >= 11 is 2.61. The number of rotatable bonds is 8. The van der Waals surface area contributed by atoms with Gasteiger partial charge in [0.1, 0.15) is 17.0 Å². The molecule has 0 saturated heterocycles. The first-order valence-electron chi connectivity index (χ1n) is 11.6. The Morgan fingerprint density at radius 1 is 1.11 bits per heavy atom. The van der Waals surface area contributed by atoms with Crippen molar-refractivity contribution in [1.82, 2.24) is 20.3 Å². The number of hydrogen-bond donors (Lipinski definition) is 1. The molecule has 6 nitrogen and oxygen atoms in total. The second-order valence-electron chi connectivity index (χ2n) is 8.97. The third-order valence-corrected chi connectivity index (χ3v) is 8.56. The molecular weight excluding hydrogens is 543 g/mol. The first-order valence-corrected chi connectivity index (χ1v) is 13.3. The summed E-state index contributed by atoms with van der Waals surface area (Å²) in [6, 6.07) is 10.7. The van der Waals surface area contributed by atoms with Gasteiger partial charge in [-0.05, 0) is 36.5 Å². The predicted molar refractivity (Wildman–Crippen MR) is 145 cm³/mol. The molecule has 12 heteroatoms. The monoisotopic (exact) mass is 569 g/mol. The van der Waals surface area contributed by atoms with Crippen molar-refractivity contribution in [2.75, 3.05) is 19.1 Å². The topological polar surface area (TPSA) is 63.2 Å². The number of fused-ring (bicyclic) bond motifs is 1. The van der Waals surface area contributed by atoms with Crippen LogP contribution >= 0.6 is 35.1 Å². The molecule has 0 spiro atoms. The summed E-state index contributed by atoms with van der Waals surface area (Å²) in [6.45, 7) is 0.774. The highest BCUT2D eigenvalue weighted by Crippen LogP contribution is 2.36. The lowest BCUT2D eigenvalue weighted by Crippen LogP contribution is -2.33. The Bertz CT molecular complexity index is 1330. The average Bonchev–Trinajstić information content (AvgIpc) is 3.60. The number of alkyl halides is 3. The lowest BCUT2D eigenvalue weighted by atomic mass is 10.1. The molecule has 0 bridgehead atoms. The van der Waals surface area contributed by atoms with Crippen LogP contribution in [-0.2, 0) is 13.0 Å². The Morgan fingerprint density at radius 2 is 1.89 bits per heavy atom. The summed E-state index contributed by atoms with van der Waals surface area (Å²) in [5.74, 6) is 0.700. The van der Waals surface area contributed by atoms with Crippen LogP contribution in [0.1, 0.15) is 29.7 Å². The van der Waals surface area contributed by atoms with E-state index in [0.717, 1.165) is 47.6 Å². The summed E-state index contributed by atoms with van der Waals surface area (Å²) in [7, 11) is 3.59. The lowest BCUT2D eigenvalue weighted by Gasteiger charge is -2.26. The molecule has 0 amide bonds. The molecule has 0 aliphatic heterocycles. The number of thiophene rings is 1. The van der Waals surface area contributed by atoms with E-state index in [1.807, 2.05) is 13.2 Å². The molecule has 5 rings (SSSR count). The van der Waals surface area contributed by atoms with Crippen molar-refractivity contribution in [3.63, 3.8) is 0 Å². The van der Waals surface area contributed by atoms with Crippen LogP contribution in [0.4, 0.5) is 19.0 Å². The van der Waals surface area contributed by atoms with E-state index in [2.05, 4.69) is 49.4 Å². The average molecular weight is 570 g/mol. The van der Waals surface area contributed by atoms with E-state index in [1.165, 1.54) is 23.2 Å². The van der Waals surface area contributed by atoms with Crippen LogP contribution < -0.4 is 15.0 Å². The zero-order valence-electron chi connectivity index (χ0n) is 20.3. The molecular formula is C25H27ClF3N5OS2. The number of anilines is 1. The number of nitrogens with one attached hydrogen (secondary N) is 1. The molecule has 1 fully saturated rings. The summed E-state index contributed by atoms with van der Waals surface area (Å²) in [6.07, 6.45) is 1.06. The second-order valence-corrected chi connectivity index (χ2v) is 11.1. The van der Waals surface area contributed by atoms with E-state index < -0.39 is 12.6 Å². The molecule has 4 aromatic rings. The highest BCUT2D eigenvalue weighted by atomic mass is 35.5. The summed E-state index contributed by atoms with van der Waals surface area (Å²) in [5.41, 5.74) is 2.32. The molecule has 1 aliphatic carbocycles. The Morgan fingerprint density at radius 3 is 2.59 bits per heavy atom. The van der Waals surface area contributed by atoms with Gasteiger partial charge in [-0.15, -0.1) is 23.7 Å². The minimum absolute atomic E-state index is 0. The molecule has 3 aromatic heterocycles. The van der Waals surface area contributed by atoms with Crippen molar-refractivity contribution in [2.24, 2.45) is 0 Å². The third kappa shape index (κ3) is 6.51.